The lowest BCUT2D eigenvalue weighted by atomic mass is 9.49. The van der Waals surface area contributed by atoms with E-state index < -0.39 is 18.1 Å². The maximum absolute atomic E-state index is 13.6. The van der Waals surface area contributed by atoms with Crippen molar-refractivity contribution >= 4 is 11.9 Å². The highest BCUT2D eigenvalue weighted by Crippen LogP contribution is 2.60. The largest absolute Gasteiger partial charge is 0.459 e. The fourth-order valence-electron chi connectivity index (χ4n) is 6.76. The highest BCUT2D eigenvalue weighted by molar-refractivity contribution is 5.89. The van der Waals surface area contributed by atoms with Crippen LogP contribution < -0.4 is 0 Å². The molecule has 1 aromatic carbocycles. The number of hydrogen-bond donors (Lipinski definition) is 1. The molecule has 28 heavy (non-hydrogen) atoms. The molecular formula is C23H29NO4. The van der Waals surface area contributed by atoms with E-state index >= 15 is 0 Å². The van der Waals surface area contributed by atoms with Gasteiger partial charge < -0.3 is 14.7 Å². The lowest BCUT2D eigenvalue weighted by Crippen LogP contribution is -2.56. The molecule has 1 N–H and O–H groups in total. The van der Waals surface area contributed by atoms with Crippen LogP contribution >= 0.6 is 0 Å². The first-order valence-corrected chi connectivity index (χ1v) is 10.7. The quantitative estimate of drug-likeness (QED) is 0.812. The number of aliphatic hydroxyl groups excluding tert-OH is 1. The number of hydrogen-bond acceptors (Lipinski definition) is 4. The van der Waals surface area contributed by atoms with E-state index in [0.717, 1.165) is 24.8 Å². The Morgan fingerprint density at radius 2 is 1.61 bits per heavy atom. The molecule has 1 unspecified atom stereocenters. The van der Waals surface area contributed by atoms with Gasteiger partial charge in [-0.2, -0.15) is 0 Å². The standard InChI is InChI=1S/C23H29NO4/c25-19-9-20(21(26)28-14-15-4-2-1-3-5-15)24(13-19)22(27)23-10-16-6-17(11-23)8-18(7-16)12-23/h1-5,16-20,25H,6-14H2/t16?,17?,18?,19?,20-,23?/m0/s1. The summed E-state index contributed by atoms with van der Waals surface area (Å²) in [6, 6.07) is 8.91. The van der Waals surface area contributed by atoms with Gasteiger partial charge in [-0.3, -0.25) is 4.79 Å². The maximum atomic E-state index is 13.6. The lowest BCUT2D eigenvalue weighted by Gasteiger charge is -2.56. The van der Waals surface area contributed by atoms with Crippen LogP contribution in [0.4, 0.5) is 0 Å². The minimum absolute atomic E-state index is 0.102. The van der Waals surface area contributed by atoms with Crippen LogP contribution in [0.5, 0.6) is 0 Å². The molecule has 6 rings (SSSR count). The van der Waals surface area contributed by atoms with Gasteiger partial charge in [-0.05, 0) is 61.8 Å². The van der Waals surface area contributed by atoms with E-state index in [1.54, 1.807) is 4.90 Å². The van der Waals surface area contributed by atoms with Crippen LogP contribution in [0, 0.1) is 23.2 Å². The number of rotatable bonds is 4. The van der Waals surface area contributed by atoms with Crippen LogP contribution in [-0.4, -0.2) is 40.6 Å². The second kappa shape index (κ2) is 6.87. The van der Waals surface area contributed by atoms with Gasteiger partial charge in [-0.25, -0.2) is 4.79 Å². The fourth-order valence-corrected chi connectivity index (χ4v) is 6.76. The molecule has 5 aliphatic rings. The van der Waals surface area contributed by atoms with Gasteiger partial charge in [0.15, 0.2) is 0 Å². The minimum atomic E-state index is -0.654. The molecule has 1 saturated heterocycles. The number of carbonyl (C=O) groups is 2. The smallest absolute Gasteiger partial charge is 0.329 e. The van der Waals surface area contributed by atoms with Crippen LogP contribution in [0.15, 0.2) is 30.3 Å². The number of benzene rings is 1. The van der Waals surface area contributed by atoms with E-state index in [1.807, 2.05) is 30.3 Å². The molecule has 5 heteroatoms. The highest BCUT2D eigenvalue weighted by Gasteiger charge is 2.57. The summed E-state index contributed by atoms with van der Waals surface area (Å²) in [5, 5.41) is 10.2. The van der Waals surface area contributed by atoms with Crippen LogP contribution in [0.1, 0.15) is 50.5 Å². The molecule has 0 radical (unpaired) electrons. The molecule has 5 fully saturated rings. The van der Waals surface area contributed by atoms with E-state index in [1.165, 1.54) is 19.3 Å². The van der Waals surface area contributed by atoms with Crippen molar-refractivity contribution in [3.05, 3.63) is 35.9 Å². The van der Waals surface area contributed by atoms with Crippen molar-refractivity contribution in [2.75, 3.05) is 6.54 Å². The van der Waals surface area contributed by atoms with E-state index in [9.17, 15) is 14.7 Å². The molecule has 4 bridgehead atoms. The molecule has 2 atom stereocenters. The summed E-state index contributed by atoms with van der Waals surface area (Å²) in [4.78, 5) is 28.1. The number of nitrogens with zero attached hydrogens (tertiary/aromatic N) is 1. The second-order valence-corrected chi connectivity index (χ2v) is 9.65. The third-order valence-corrected chi connectivity index (χ3v) is 7.53. The summed E-state index contributed by atoms with van der Waals surface area (Å²) >= 11 is 0. The van der Waals surface area contributed by atoms with Gasteiger partial charge in [-0.1, -0.05) is 30.3 Å². The number of esters is 1. The van der Waals surface area contributed by atoms with Crippen LogP contribution in [0.25, 0.3) is 0 Å². The van der Waals surface area contributed by atoms with Crippen molar-refractivity contribution in [2.24, 2.45) is 23.2 Å². The third-order valence-electron chi connectivity index (χ3n) is 7.53. The van der Waals surface area contributed by atoms with Gasteiger partial charge in [-0.15, -0.1) is 0 Å². The first-order chi connectivity index (χ1) is 13.5. The Morgan fingerprint density at radius 1 is 1.00 bits per heavy atom. The zero-order valence-electron chi connectivity index (χ0n) is 16.3. The molecule has 4 saturated carbocycles. The maximum Gasteiger partial charge on any atom is 0.329 e. The zero-order chi connectivity index (χ0) is 19.3. The predicted octanol–water partition coefficient (Wildman–Crippen LogP) is 2.91. The molecule has 1 amide bonds. The van der Waals surface area contributed by atoms with Crippen molar-refractivity contribution < 1.29 is 19.4 Å². The van der Waals surface area contributed by atoms with Crippen molar-refractivity contribution in [1.82, 2.24) is 4.90 Å². The molecule has 1 aliphatic heterocycles. The fraction of sp³-hybridized carbons (Fsp3) is 0.652. The van der Waals surface area contributed by atoms with E-state index in [4.69, 9.17) is 4.74 Å². The van der Waals surface area contributed by atoms with Crippen LogP contribution in [-0.2, 0) is 20.9 Å². The number of likely N-dealkylation sites (tertiary alicyclic amines) is 1. The topological polar surface area (TPSA) is 66.8 Å². The lowest BCUT2D eigenvalue weighted by molar-refractivity contribution is -0.166. The second-order valence-electron chi connectivity index (χ2n) is 9.65. The first-order valence-electron chi connectivity index (χ1n) is 10.7. The molecule has 0 aromatic heterocycles. The molecule has 1 aromatic rings. The van der Waals surface area contributed by atoms with Crippen molar-refractivity contribution in [1.29, 1.82) is 0 Å². The minimum Gasteiger partial charge on any atom is -0.459 e. The Hall–Kier alpha value is -1.88. The van der Waals surface area contributed by atoms with E-state index in [0.29, 0.717) is 17.8 Å². The zero-order valence-corrected chi connectivity index (χ0v) is 16.3. The Balaban J connectivity index is 1.30. The average Bonchev–Trinajstić information content (AvgIpc) is 3.07. The Kier molecular flexibility index (Phi) is 4.46. The van der Waals surface area contributed by atoms with Crippen LogP contribution in [0.3, 0.4) is 0 Å². The molecule has 0 spiro atoms. The predicted molar refractivity (Wildman–Crippen MR) is 103 cm³/mol. The van der Waals surface area contributed by atoms with Gasteiger partial charge in [0, 0.05) is 13.0 Å². The highest BCUT2D eigenvalue weighted by atomic mass is 16.5. The normalized spacial score (nSPS) is 38.6. The first kappa shape index (κ1) is 18.2. The number of carbonyl (C=O) groups excluding carboxylic acids is 2. The number of β-amino-alcohol motifs (C(OH)–C–C–N with tert-alkyl or cyclic N) is 1. The van der Waals surface area contributed by atoms with Crippen molar-refractivity contribution in [3.63, 3.8) is 0 Å². The summed E-state index contributed by atoms with van der Waals surface area (Å²) in [7, 11) is 0. The van der Waals surface area contributed by atoms with Gasteiger partial charge in [0.2, 0.25) is 5.91 Å². The Bertz CT molecular complexity index is 726. The van der Waals surface area contributed by atoms with E-state index in [-0.39, 0.29) is 30.9 Å². The molecular weight excluding hydrogens is 354 g/mol. The van der Waals surface area contributed by atoms with Gasteiger partial charge >= 0.3 is 5.97 Å². The Morgan fingerprint density at radius 3 is 2.21 bits per heavy atom. The third kappa shape index (κ3) is 3.14. The average molecular weight is 383 g/mol. The molecule has 5 nitrogen and oxygen atoms in total. The number of ether oxygens (including phenoxy) is 1. The van der Waals surface area contributed by atoms with Crippen LogP contribution in [0.2, 0.25) is 0 Å². The SMILES string of the molecule is O=C(OCc1ccccc1)[C@@H]1CC(O)CN1C(=O)C12CC3CC(CC(C3)C1)C2. The summed E-state index contributed by atoms with van der Waals surface area (Å²) < 4.78 is 5.52. The van der Waals surface area contributed by atoms with Crippen molar-refractivity contribution in [3.8, 4) is 0 Å². The monoisotopic (exact) mass is 383 g/mol. The number of aliphatic hydroxyl groups is 1. The van der Waals surface area contributed by atoms with E-state index in [2.05, 4.69) is 0 Å². The Labute approximate surface area is 166 Å². The molecule has 4 aliphatic carbocycles. The van der Waals surface area contributed by atoms with Gasteiger partial charge in [0.1, 0.15) is 12.6 Å². The summed E-state index contributed by atoms with van der Waals surface area (Å²) in [6.45, 7) is 0.456. The van der Waals surface area contributed by atoms with Crippen molar-refractivity contribution in [2.45, 2.75) is 63.7 Å². The van der Waals surface area contributed by atoms with Gasteiger partial charge in [0.25, 0.3) is 0 Å². The molecule has 150 valence electrons. The summed E-state index contributed by atoms with van der Waals surface area (Å²) in [5.74, 6) is 1.73. The van der Waals surface area contributed by atoms with Gasteiger partial charge in [0.05, 0.1) is 11.5 Å². The summed E-state index contributed by atoms with van der Waals surface area (Å²) in [5.41, 5.74) is 0.630. The summed E-state index contributed by atoms with van der Waals surface area (Å²) in [6.07, 6.45) is 6.37. The number of amides is 1. The molecule has 1 heterocycles.